The Morgan fingerprint density at radius 3 is 2.07 bits per heavy atom. The van der Waals surface area contributed by atoms with Gasteiger partial charge in [-0.1, -0.05) is 25.1 Å². The van der Waals surface area contributed by atoms with Gasteiger partial charge in [-0.15, -0.1) is 0 Å². The number of rotatable bonds is 2. The lowest BCUT2D eigenvalue weighted by molar-refractivity contribution is -0.120. The fourth-order valence-corrected chi connectivity index (χ4v) is 2.15. The van der Waals surface area contributed by atoms with Crippen molar-refractivity contribution >= 4 is 23.1 Å². The van der Waals surface area contributed by atoms with Crippen molar-refractivity contribution in [2.45, 2.75) is 51.6 Å². The van der Waals surface area contributed by atoms with Crippen molar-refractivity contribution in [2.75, 3.05) is 0 Å². The molecule has 2 atom stereocenters. The molecule has 3 nitrogen and oxygen atoms in total. The predicted octanol–water partition coefficient (Wildman–Crippen LogP) is 1.37. The van der Waals surface area contributed by atoms with Gasteiger partial charge in [-0.2, -0.15) is 0 Å². The first kappa shape index (κ1) is 11.4. The number of thiocarbonyl (C=S) groups is 1. The molecule has 0 heterocycles. The smallest absolute Gasteiger partial charge is 0.217 e. The first-order valence-electron chi connectivity index (χ1n) is 5.14. The summed E-state index contributed by atoms with van der Waals surface area (Å²) in [5, 5.41) is 6.23. The van der Waals surface area contributed by atoms with Gasteiger partial charge in [-0.3, -0.25) is 4.79 Å². The summed E-state index contributed by atoms with van der Waals surface area (Å²) in [6.45, 7) is 3.45. The standard InChI is InChI=1S/C10H18N2OS/c1-7(13)11-9-5-3-4-6-10(9)12-8(2)14/h9-10H,3-6H2,1-2H3,(H,11,13)(H,12,14)/t9-,10-/m1/s1. The van der Waals surface area contributed by atoms with Crippen LogP contribution in [-0.4, -0.2) is 23.0 Å². The Kier molecular flexibility index (Phi) is 4.32. The Hall–Kier alpha value is -0.640. The van der Waals surface area contributed by atoms with Crippen molar-refractivity contribution in [3.05, 3.63) is 0 Å². The van der Waals surface area contributed by atoms with Crippen LogP contribution in [0.4, 0.5) is 0 Å². The van der Waals surface area contributed by atoms with Gasteiger partial charge in [0.25, 0.3) is 0 Å². The summed E-state index contributed by atoms with van der Waals surface area (Å²) in [6, 6.07) is 0.573. The van der Waals surface area contributed by atoms with Gasteiger partial charge in [0, 0.05) is 19.0 Å². The van der Waals surface area contributed by atoms with Crippen LogP contribution in [0.1, 0.15) is 39.5 Å². The number of nitrogens with one attached hydrogen (secondary N) is 2. The molecule has 1 amide bonds. The lowest BCUT2D eigenvalue weighted by Crippen LogP contribution is -2.52. The molecule has 1 aliphatic carbocycles. The minimum Gasteiger partial charge on any atom is -0.375 e. The van der Waals surface area contributed by atoms with Gasteiger partial charge >= 0.3 is 0 Å². The second-order valence-electron chi connectivity index (χ2n) is 3.90. The van der Waals surface area contributed by atoms with Crippen LogP contribution in [0.3, 0.4) is 0 Å². The highest BCUT2D eigenvalue weighted by Crippen LogP contribution is 2.18. The maximum absolute atomic E-state index is 11.0. The lowest BCUT2D eigenvalue weighted by atomic mass is 9.90. The van der Waals surface area contributed by atoms with Crippen molar-refractivity contribution in [1.29, 1.82) is 0 Å². The molecule has 0 bridgehead atoms. The normalized spacial score (nSPS) is 26.7. The van der Waals surface area contributed by atoms with E-state index in [1.54, 1.807) is 6.92 Å². The van der Waals surface area contributed by atoms with E-state index in [2.05, 4.69) is 10.6 Å². The molecule has 0 aliphatic heterocycles. The fraction of sp³-hybridized carbons (Fsp3) is 0.800. The van der Waals surface area contributed by atoms with Crippen LogP contribution in [0.5, 0.6) is 0 Å². The lowest BCUT2D eigenvalue weighted by Gasteiger charge is -2.32. The molecule has 80 valence electrons. The Bertz CT molecular complexity index is 206. The highest BCUT2D eigenvalue weighted by molar-refractivity contribution is 7.80. The summed E-state index contributed by atoms with van der Waals surface area (Å²) in [6.07, 6.45) is 4.56. The average molecular weight is 214 g/mol. The van der Waals surface area contributed by atoms with Crippen LogP contribution < -0.4 is 10.6 Å². The minimum absolute atomic E-state index is 0.0470. The minimum atomic E-state index is 0.0470. The number of carbonyl (C=O) groups excluding carboxylic acids is 1. The van der Waals surface area contributed by atoms with E-state index in [-0.39, 0.29) is 11.9 Å². The molecule has 1 fully saturated rings. The molecular formula is C10H18N2OS. The number of amides is 1. The van der Waals surface area contributed by atoms with Gasteiger partial charge in [0.05, 0.1) is 4.99 Å². The first-order chi connectivity index (χ1) is 6.59. The maximum atomic E-state index is 11.0. The molecule has 0 aromatic carbocycles. The van der Waals surface area contributed by atoms with Crippen molar-refractivity contribution in [2.24, 2.45) is 0 Å². The van der Waals surface area contributed by atoms with Gasteiger partial charge in [0.1, 0.15) is 0 Å². The monoisotopic (exact) mass is 214 g/mol. The van der Waals surface area contributed by atoms with E-state index in [1.807, 2.05) is 6.92 Å². The maximum Gasteiger partial charge on any atom is 0.217 e. The average Bonchev–Trinajstić information content (AvgIpc) is 2.06. The Morgan fingerprint density at radius 1 is 1.14 bits per heavy atom. The van der Waals surface area contributed by atoms with Crippen LogP contribution in [0.25, 0.3) is 0 Å². The number of hydrogen-bond donors (Lipinski definition) is 2. The molecule has 0 unspecified atom stereocenters. The Balaban J connectivity index is 2.49. The largest absolute Gasteiger partial charge is 0.375 e. The molecule has 1 saturated carbocycles. The van der Waals surface area contributed by atoms with E-state index >= 15 is 0 Å². The molecule has 0 aromatic rings. The zero-order chi connectivity index (χ0) is 10.6. The molecule has 14 heavy (non-hydrogen) atoms. The van der Waals surface area contributed by atoms with Crippen LogP contribution >= 0.6 is 12.2 Å². The molecule has 1 rings (SSSR count). The van der Waals surface area contributed by atoms with Gasteiger partial charge in [0.2, 0.25) is 5.91 Å². The summed E-state index contributed by atoms with van der Waals surface area (Å²) < 4.78 is 0. The molecular weight excluding hydrogens is 196 g/mol. The molecule has 0 aromatic heterocycles. The quantitative estimate of drug-likeness (QED) is 0.682. The van der Waals surface area contributed by atoms with E-state index in [0.29, 0.717) is 6.04 Å². The van der Waals surface area contributed by atoms with Gasteiger partial charge in [0.15, 0.2) is 0 Å². The van der Waals surface area contributed by atoms with Crippen molar-refractivity contribution in [3.63, 3.8) is 0 Å². The van der Waals surface area contributed by atoms with Crippen LogP contribution in [0, 0.1) is 0 Å². The zero-order valence-corrected chi connectivity index (χ0v) is 9.62. The number of carbonyl (C=O) groups is 1. The van der Waals surface area contributed by atoms with Crippen LogP contribution in [0.2, 0.25) is 0 Å². The molecule has 2 N–H and O–H groups in total. The van der Waals surface area contributed by atoms with Gasteiger partial charge in [-0.25, -0.2) is 0 Å². The zero-order valence-electron chi connectivity index (χ0n) is 8.80. The third-order valence-electron chi connectivity index (χ3n) is 2.54. The van der Waals surface area contributed by atoms with Crippen LogP contribution in [0.15, 0.2) is 0 Å². The second-order valence-corrected chi connectivity index (χ2v) is 4.51. The first-order valence-corrected chi connectivity index (χ1v) is 5.54. The molecule has 0 spiro atoms. The Morgan fingerprint density at radius 2 is 1.64 bits per heavy atom. The van der Waals surface area contributed by atoms with Crippen LogP contribution in [-0.2, 0) is 4.79 Å². The SMILES string of the molecule is CC(=O)N[C@@H]1CCCC[C@H]1NC(C)=S. The highest BCUT2D eigenvalue weighted by Gasteiger charge is 2.25. The van der Waals surface area contributed by atoms with E-state index in [1.165, 1.54) is 12.8 Å². The fourth-order valence-electron chi connectivity index (χ4n) is 2.00. The highest BCUT2D eigenvalue weighted by atomic mass is 32.1. The van der Waals surface area contributed by atoms with E-state index < -0.39 is 0 Å². The van der Waals surface area contributed by atoms with E-state index in [4.69, 9.17) is 12.2 Å². The Labute approximate surface area is 90.6 Å². The summed E-state index contributed by atoms with van der Waals surface area (Å²) >= 11 is 5.02. The van der Waals surface area contributed by atoms with Gasteiger partial charge in [-0.05, 0) is 19.8 Å². The van der Waals surface area contributed by atoms with E-state index in [0.717, 1.165) is 17.8 Å². The summed E-state index contributed by atoms with van der Waals surface area (Å²) in [5.41, 5.74) is 0. The van der Waals surface area contributed by atoms with Crippen molar-refractivity contribution in [1.82, 2.24) is 10.6 Å². The summed E-state index contributed by atoms with van der Waals surface area (Å²) in [5.74, 6) is 0.0470. The second kappa shape index (κ2) is 5.29. The topological polar surface area (TPSA) is 41.1 Å². The molecule has 1 aliphatic rings. The molecule has 0 saturated heterocycles. The number of hydrogen-bond acceptors (Lipinski definition) is 2. The summed E-state index contributed by atoms with van der Waals surface area (Å²) in [4.78, 5) is 11.8. The van der Waals surface area contributed by atoms with Crippen molar-refractivity contribution in [3.8, 4) is 0 Å². The van der Waals surface area contributed by atoms with E-state index in [9.17, 15) is 4.79 Å². The molecule has 0 radical (unpaired) electrons. The summed E-state index contributed by atoms with van der Waals surface area (Å²) in [7, 11) is 0. The third kappa shape index (κ3) is 3.62. The predicted molar refractivity (Wildman–Crippen MR) is 61.3 cm³/mol. The van der Waals surface area contributed by atoms with Gasteiger partial charge < -0.3 is 10.6 Å². The van der Waals surface area contributed by atoms with Crippen molar-refractivity contribution < 1.29 is 4.79 Å². The third-order valence-corrected chi connectivity index (χ3v) is 2.66. The molecule has 4 heteroatoms.